The molecule has 0 heterocycles. The lowest BCUT2D eigenvalue weighted by atomic mass is 10.0. The first-order valence-electron chi connectivity index (χ1n) is 23.0. The summed E-state index contributed by atoms with van der Waals surface area (Å²) < 4.78 is 33.9. The molecule has 330 valence electrons. The number of unbranched alkanes of at least 4 members (excludes halogenated alkanes) is 24. The van der Waals surface area contributed by atoms with Crippen LogP contribution in [0.5, 0.6) is 0 Å². The van der Waals surface area contributed by atoms with Crippen molar-refractivity contribution in [2.24, 2.45) is 0 Å². The molecule has 0 spiro atoms. The Labute approximate surface area is 345 Å². The first kappa shape index (κ1) is 54.5. The van der Waals surface area contributed by atoms with E-state index < -0.39 is 26.5 Å². The molecule has 0 amide bonds. The van der Waals surface area contributed by atoms with Crippen LogP contribution in [0.25, 0.3) is 0 Å². The lowest BCUT2D eigenvalue weighted by Gasteiger charge is -2.28. The average molecular weight is 814 g/mol. The number of carbonyl (C=O) groups is 2. The second-order valence-electron chi connectivity index (χ2n) is 16.8. The molecule has 0 rings (SSSR count). The number of ether oxygens (including phenoxy) is 2. The highest BCUT2D eigenvalue weighted by atomic mass is 31.2. The molecule has 0 aliphatic heterocycles. The lowest BCUT2D eigenvalue weighted by Crippen LogP contribution is -2.37. The van der Waals surface area contributed by atoms with Crippen molar-refractivity contribution in [2.45, 2.75) is 213 Å². The first-order valence-corrected chi connectivity index (χ1v) is 24.5. The second kappa shape index (κ2) is 39.0. The Morgan fingerprint density at radius 1 is 0.554 bits per heavy atom. The third kappa shape index (κ3) is 42.1. The van der Waals surface area contributed by atoms with Gasteiger partial charge in [0.05, 0.1) is 27.7 Å². The Balaban J connectivity index is 4.19. The van der Waals surface area contributed by atoms with Crippen LogP contribution in [0.3, 0.4) is 0 Å². The maximum atomic E-state index is 12.7. The number of phosphoric acid groups is 1. The summed E-state index contributed by atoms with van der Waals surface area (Å²) in [6.07, 6.45) is 42.1. The van der Waals surface area contributed by atoms with E-state index in [2.05, 4.69) is 38.2 Å². The van der Waals surface area contributed by atoms with E-state index in [1.165, 1.54) is 128 Å². The Morgan fingerprint density at radius 2 is 0.964 bits per heavy atom. The number of carbonyl (C=O) groups excluding carboxylic acids is 2. The highest BCUT2D eigenvalue weighted by Gasteiger charge is 2.21. The fourth-order valence-corrected chi connectivity index (χ4v) is 7.06. The fraction of sp³-hybridized carbons (Fsp3) is 0.870. The summed E-state index contributed by atoms with van der Waals surface area (Å²) in [5.41, 5.74) is 0. The van der Waals surface area contributed by atoms with Crippen molar-refractivity contribution in [1.29, 1.82) is 0 Å². The van der Waals surface area contributed by atoms with Crippen LogP contribution in [0.4, 0.5) is 0 Å². The van der Waals surface area contributed by atoms with Gasteiger partial charge >= 0.3 is 11.9 Å². The largest absolute Gasteiger partial charge is 0.756 e. The number of likely N-dealkylation sites (N-methyl/N-ethyl adjacent to an activating group) is 1. The van der Waals surface area contributed by atoms with E-state index in [4.69, 9.17) is 18.5 Å². The van der Waals surface area contributed by atoms with Gasteiger partial charge in [0.2, 0.25) is 0 Å². The van der Waals surface area contributed by atoms with Gasteiger partial charge in [0.15, 0.2) is 6.10 Å². The summed E-state index contributed by atoms with van der Waals surface area (Å²) in [4.78, 5) is 37.4. The Morgan fingerprint density at radius 3 is 1.41 bits per heavy atom. The number of allylic oxidation sites excluding steroid dienone is 4. The number of esters is 2. The molecule has 9 nitrogen and oxygen atoms in total. The van der Waals surface area contributed by atoms with Gasteiger partial charge in [-0.25, -0.2) is 0 Å². The molecule has 0 saturated carbocycles. The third-order valence-corrected chi connectivity index (χ3v) is 10.9. The van der Waals surface area contributed by atoms with E-state index in [0.29, 0.717) is 17.4 Å². The molecule has 0 radical (unpaired) electrons. The van der Waals surface area contributed by atoms with Gasteiger partial charge in [-0.1, -0.05) is 173 Å². The van der Waals surface area contributed by atoms with Gasteiger partial charge in [-0.3, -0.25) is 14.2 Å². The number of quaternary nitrogens is 1. The molecule has 2 unspecified atom stereocenters. The van der Waals surface area contributed by atoms with Gasteiger partial charge in [-0.15, -0.1) is 0 Å². The average Bonchev–Trinajstić information content (AvgIpc) is 3.15. The molecular formula is C46H88NO8P. The SMILES string of the molecule is CCCCCCC/C=C\C/C=C\CCCCCCCCCCCCCC(=O)OC(COC(=O)CCCCCCCCCCC)COP(=O)([O-])OCC[N+](C)(C)C. The van der Waals surface area contributed by atoms with E-state index in [-0.39, 0.29) is 32.0 Å². The number of phosphoric ester groups is 1. The zero-order valence-electron chi connectivity index (χ0n) is 37.1. The van der Waals surface area contributed by atoms with Crippen molar-refractivity contribution in [3.63, 3.8) is 0 Å². The van der Waals surface area contributed by atoms with Crippen LogP contribution in [0.15, 0.2) is 24.3 Å². The maximum absolute atomic E-state index is 12.7. The molecule has 2 atom stereocenters. The van der Waals surface area contributed by atoms with Crippen molar-refractivity contribution in [3.8, 4) is 0 Å². The van der Waals surface area contributed by atoms with Crippen LogP contribution < -0.4 is 4.89 Å². The summed E-state index contributed by atoms with van der Waals surface area (Å²) in [5.74, 6) is -0.833. The topological polar surface area (TPSA) is 111 Å². The van der Waals surface area contributed by atoms with E-state index in [1.54, 1.807) is 0 Å². The number of hydrogen-bond acceptors (Lipinski definition) is 8. The van der Waals surface area contributed by atoms with E-state index >= 15 is 0 Å². The Hall–Kier alpha value is -1.51. The summed E-state index contributed by atoms with van der Waals surface area (Å²) in [6, 6.07) is 0. The fourth-order valence-electron chi connectivity index (χ4n) is 6.33. The predicted octanol–water partition coefficient (Wildman–Crippen LogP) is 12.5. The molecule has 56 heavy (non-hydrogen) atoms. The highest BCUT2D eigenvalue weighted by molar-refractivity contribution is 7.45. The molecule has 10 heteroatoms. The van der Waals surface area contributed by atoms with Crippen molar-refractivity contribution in [1.82, 2.24) is 0 Å². The van der Waals surface area contributed by atoms with Gasteiger partial charge in [-0.05, 0) is 44.9 Å². The van der Waals surface area contributed by atoms with Gasteiger partial charge < -0.3 is 27.9 Å². The molecule has 0 fully saturated rings. The molecule has 0 aliphatic carbocycles. The molecular weight excluding hydrogens is 725 g/mol. The van der Waals surface area contributed by atoms with Gasteiger partial charge in [0.1, 0.15) is 19.8 Å². The van der Waals surface area contributed by atoms with Crippen molar-refractivity contribution >= 4 is 19.8 Å². The van der Waals surface area contributed by atoms with E-state index in [0.717, 1.165) is 44.9 Å². The van der Waals surface area contributed by atoms with Gasteiger partial charge in [0, 0.05) is 12.8 Å². The lowest BCUT2D eigenvalue weighted by molar-refractivity contribution is -0.870. The van der Waals surface area contributed by atoms with E-state index in [1.807, 2.05) is 21.1 Å². The minimum Gasteiger partial charge on any atom is -0.756 e. The number of nitrogens with zero attached hydrogens (tertiary/aromatic N) is 1. The minimum absolute atomic E-state index is 0.0293. The summed E-state index contributed by atoms with van der Waals surface area (Å²) in [6.45, 7) is 4.20. The third-order valence-electron chi connectivity index (χ3n) is 9.97. The summed E-state index contributed by atoms with van der Waals surface area (Å²) in [5, 5.41) is 0. The molecule has 0 saturated heterocycles. The second-order valence-corrected chi connectivity index (χ2v) is 18.2. The Kier molecular flexibility index (Phi) is 37.9. The molecule has 0 aromatic heterocycles. The van der Waals surface area contributed by atoms with Gasteiger partial charge in [-0.2, -0.15) is 0 Å². The molecule has 0 N–H and O–H groups in total. The maximum Gasteiger partial charge on any atom is 0.306 e. The minimum atomic E-state index is -4.62. The summed E-state index contributed by atoms with van der Waals surface area (Å²) >= 11 is 0. The standard InChI is InChI=1S/C46H88NO8P/c1-6-8-10-12-14-16-17-18-19-20-21-22-23-24-25-26-27-28-29-31-33-35-37-39-46(49)55-44(43-54-56(50,51)53-41-40-47(3,4)5)42-52-45(48)38-36-34-32-30-15-13-11-9-7-2/h17-18,20-21,44H,6-16,19,22-43H2,1-5H3/b18-17-,21-20-. The monoisotopic (exact) mass is 814 g/mol. The van der Waals surface area contributed by atoms with E-state index in [9.17, 15) is 19.0 Å². The first-order chi connectivity index (χ1) is 27.0. The predicted molar refractivity (Wildman–Crippen MR) is 231 cm³/mol. The highest BCUT2D eigenvalue weighted by Crippen LogP contribution is 2.38. The summed E-state index contributed by atoms with van der Waals surface area (Å²) in [7, 11) is 1.17. The quantitative estimate of drug-likeness (QED) is 0.0197. The molecule has 0 bridgehead atoms. The number of hydrogen-bond donors (Lipinski definition) is 0. The number of rotatable bonds is 42. The molecule has 0 aromatic rings. The molecule has 0 aliphatic rings. The van der Waals surface area contributed by atoms with Crippen LogP contribution in [-0.2, 0) is 32.7 Å². The zero-order chi connectivity index (χ0) is 41.4. The van der Waals surface area contributed by atoms with Crippen LogP contribution >= 0.6 is 7.82 Å². The van der Waals surface area contributed by atoms with Crippen LogP contribution in [-0.4, -0.2) is 70.0 Å². The van der Waals surface area contributed by atoms with Crippen molar-refractivity contribution < 1.29 is 42.1 Å². The normalized spacial score (nSPS) is 13.8. The van der Waals surface area contributed by atoms with Crippen LogP contribution in [0.1, 0.15) is 206 Å². The van der Waals surface area contributed by atoms with Crippen LogP contribution in [0.2, 0.25) is 0 Å². The van der Waals surface area contributed by atoms with Crippen LogP contribution in [0, 0.1) is 0 Å². The smallest absolute Gasteiger partial charge is 0.306 e. The van der Waals surface area contributed by atoms with Crippen molar-refractivity contribution in [2.75, 3.05) is 47.5 Å². The zero-order valence-corrected chi connectivity index (χ0v) is 38.0. The van der Waals surface area contributed by atoms with Gasteiger partial charge in [0.25, 0.3) is 7.82 Å². The Bertz CT molecular complexity index is 1010. The van der Waals surface area contributed by atoms with Crippen molar-refractivity contribution in [3.05, 3.63) is 24.3 Å². The molecule has 0 aromatic carbocycles.